The molecule has 5 heteroatoms. The summed E-state index contributed by atoms with van der Waals surface area (Å²) in [6, 6.07) is 4.01. The van der Waals surface area contributed by atoms with E-state index in [1.165, 1.54) is 12.8 Å². The Morgan fingerprint density at radius 1 is 1.06 bits per heavy atom. The quantitative estimate of drug-likeness (QED) is 0.725. The number of pyridine rings is 1. The fourth-order valence-corrected chi connectivity index (χ4v) is 2.04. The van der Waals surface area contributed by atoms with Crippen LogP contribution in [0.25, 0.3) is 0 Å². The van der Waals surface area contributed by atoms with Gasteiger partial charge in [-0.1, -0.05) is 0 Å². The first kappa shape index (κ1) is 9.33. The lowest BCUT2D eigenvalue weighted by atomic mass is 10.3. The molecule has 1 aliphatic rings. The van der Waals surface area contributed by atoms with E-state index in [1.807, 2.05) is 12.1 Å². The van der Waals surface area contributed by atoms with Gasteiger partial charge in [0, 0.05) is 31.2 Å². The zero-order valence-electron chi connectivity index (χ0n) is 8.95. The van der Waals surface area contributed by atoms with E-state index in [2.05, 4.69) is 24.6 Å². The fraction of sp³-hybridized carbons (Fsp3) is 0.364. The summed E-state index contributed by atoms with van der Waals surface area (Å²) in [4.78, 5) is 6.23. The van der Waals surface area contributed by atoms with Crippen LogP contribution in [0.15, 0.2) is 30.9 Å². The molecule has 0 bridgehead atoms. The molecule has 0 atom stereocenters. The molecule has 3 rings (SSSR count). The Bertz CT molecular complexity index is 464. The highest BCUT2D eigenvalue weighted by atomic mass is 15.4. The van der Waals surface area contributed by atoms with E-state index in [4.69, 9.17) is 0 Å². The van der Waals surface area contributed by atoms with Gasteiger partial charge in [0.05, 0.1) is 0 Å². The molecule has 16 heavy (non-hydrogen) atoms. The summed E-state index contributed by atoms with van der Waals surface area (Å²) in [5.74, 6) is 0.934. The lowest BCUT2D eigenvalue weighted by Gasteiger charge is -2.20. The second-order valence-electron chi connectivity index (χ2n) is 3.89. The third kappa shape index (κ3) is 1.54. The van der Waals surface area contributed by atoms with Gasteiger partial charge >= 0.3 is 0 Å². The molecule has 0 saturated heterocycles. The average Bonchev–Trinajstić information content (AvgIpc) is 2.70. The number of nitrogens with zero attached hydrogens (tertiary/aromatic N) is 5. The van der Waals surface area contributed by atoms with Crippen LogP contribution in [0.5, 0.6) is 0 Å². The Morgan fingerprint density at radius 3 is 2.75 bits per heavy atom. The largest absolute Gasteiger partial charge is 0.311 e. The number of hydrogen-bond donors (Lipinski definition) is 0. The van der Waals surface area contributed by atoms with Crippen molar-refractivity contribution in [3.8, 4) is 0 Å². The minimum atomic E-state index is 0.934. The van der Waals surface area contributed by atoms with E-state index < -0.39 is 0 Å². The molecule has 0 radical (unpaired) electrons. The first-order chi connectivity index (χ1) is 7.95. The number of fused-ring (bicyclic) bond motifs is 1. The van der Waals surface area contributed by atoms with Gasteiger partial charge in [0.25, 0.3) is 0 Å². The summed E-state index contributed by atoms with van der Waals surface area (Å²) in [7, 11) is 0. The first-order valence-corrected chi connectivity index (χ1v) is 5.50. The molecular formula is C11H13N5. The second kappa shape index (κ2) is 3.92. The monoisotopic (exact) mass is 215 g/mol. The summed E-state index contributed by atoms with van der Waals surface area (Å²) in [6.07, 6.45) is 7.76. The Balaban J connectivity index is 2.03. The zero-order chi connectivity index (χ0) is 10.8. The Kier molecular flexibility index (Phi) is 2.29. The van der Waals surface area contributed by atoms with Crippen molar-refractivity contribution in [2.24, 2.45) is 0 Å². The number of aromatic nitrogens is 4. The van der Waals surface area contributed by atoms with Crippen LogP contribution in [0, 0.1) is 0 Å². The Morgan fingerprint density at radius 2 is 1.88 bits per heavy atom. The van der Waals surface area contributed by atoms with Crippen molar-refractivity contribution in [1.82, 2.24) is 19.7 Å². The molecule has 82 valence electrons. The molecule has 0 fully saturated rings. The molecule has 0 unspecified atom stereocenters. The molecule has 2 aromatic rings. The summed E-state index contributed by atoms with van der Waals surface area (Å²) >= 11 is 0. The molecule has 0 N–H and O–H groups in total. The lowest BCUT2D eigenvalue weighted by Crippen LogP contribution is -2.19. The van der Waals surface area contributed by atoms with Crippen LogP contribution in [0.2, 0.25) is 0 Å². The predicted octanol–water partition coefficient (Wildman–Crippen LogP) is 1.60. The van der Waals surface area contributed by atoms with Crippen LogP contribution >= 0.6 is 0 Å². The number of hydrogen-bond acceptors (Lipinski definition) is 4. The Hall–Kier alpha value is -1.91. The van der Waals surface area contributed by atoms with Crippen molar-refractivity contribution in [3.05, 3.63) is 30.9 Å². The van der Waals surface area contributed by atoms with Crippen molar-refractivity contribution < 1.29 is 0 Å². The molecular weight excluding hydrogens is 202 g/mol. The summed E-state index contributed by atoms with van der Waals surface area (Å²) in [5, 5.41) is 8.17. The van der Waals surface area contributed by atoms with Crippen molar-refractivity contribution in [2.75, 3.05) is 11.4 Å². The van der Waals surface area contributed by atoms with Crippen LogP contribution < -0.4 is 4.90 Å². The molecule has 5 nitrogen and oxygen atoms in total. The van der Waals surface area contributed by atoms with E-state index in [1.54, 1.807) is 18.7 Å². The van der Waals surface area contributed by atoms with Gasteiger partial charge in [-0.25, -0.2) is 0 Å². The van der Waals surface area contributed by atoms with Crippen molar-refractivity contribution in [3.63, 3.8) is 0 Å². The number of rotatable bonds is 1. The van der Waals surface area contributed by atoms with Gasteiger partial charge < -0.3 is 4.90 Å². The van der Waals surface area contributed by atoms with Crippen LogP contribution in [-0.4, -0.2) is 26.3 Å². The minimum Gasteiger partial charge on any atom is -0.311 e. The summed E-state index contributed by atoms with van der Waals surface area (Å²) < 4.78 is 2.10. The van der Waals surface area contributed by atoms with E-state index in [-0.39, 0.29) is 0 Å². The SMILES string of the molecule is c1cc(N2CCCCn3cnnc32)ccn1. The lowest BCUT2D eigenvalue weighted by molar-refractivity contribution is 0.651. The zero-order valence-corrected chi connectivity index (χ0v) is 8.95. The third-order valence-corrected chi connectivity index (χ3v) is 2.84. The van der Waals surface area contributed by atoms with Crippen LogP contribution in [0.1, 0.15) is 12.8 Å². The first-order valence-electron chi connectivity index (χ1n) is 5.50. The standard InChI is InChI=1S/C11H13N5/c1-2-8-16(10-3-5-12-6-4-10)11-14-13-9-15(11)7-1/h3-6,9H,1-2,7-8H2. The summed E-state index contributed by atoms with van der Waals surface area (Å²) in [5.41, 5.74) is 1.13. The van der Waals surface area contributed by atoms with Crippen molar-refractivity contribution in [1.29, 1.82) is 0 Å². The molecule has 3 heterocycles. The van der Waals surface area contributed by atoms with Gasteiger partial charge in [-0.3, -0.25) is 9.55 Å². The average molecular weight is 215 g/mol. The van der Waals surface area contributed by atoms with E-state index >= 15 is 0 Å². The maximum atomic E-state index is 4.19. The van der Waals surface area contributed by atoms with Gasteiger partial charge in [-0.2, -0.15) is 0 Å². The highest BCUT2D eigenvalue weighted by Gasteiger charge is 2.18. The second-order valence-corrected chi connectivity index (χ2v) is 3.89. The normalized spacial score (nSPS) is 15.6. The Labute approximate surface area is 93.7 Å². The van der Waals surface area contributed by atoms with Gasteiger partial charge in [0.15, 0.2) is 0 Å². The molecule has 0 aromatic carbocycles. The minimum absolute atomic E-state index is 0.934. The number of anilines is 2. The summed E-state index contributed by atoms with van der Waals surface area (Å²) in [6.45, 7) is 1.99. The molecule has 2 aromatic heterocycles. The smallest absolute Gasteiger partial charge is 0.231 e. The highest BCUT2D eigenvalue weighted by Crippen LogP contribution is 2.25. The fourth-order valence-electron chi connectivity index (χ4n) is 2.04. The maximum absolute atomic E-state index is 4.19. The third-order valence-electron chi connectivity index (χ3n) is 2.84. The highest BCUT2D eigenvalue weighted by molar-refractivity contribution is 5.56. The van der Waals surface area contributed by atoms with Crippen molar-refractivity contribution in [2.45, 2.75) is 19.4 Å². The molecule has 1 aliphatic heterocycles. The molecule has 0 aliphatic carbocycles. The molecule has 0 saturated carbocycles. The van der Waals surface area contributed by atoms with E-state index in [0.29, 0.717) is 0 Å². The van der Waals surface area contributed by atoms with Crippen molar-refractivity contribution >= 4 is 11.6 Å². The maximum Gasteiger partial charge on any atom is 0.231 e. The number of aryl methyl sites for hydroxylation is 1. The molecule has 0 amide bonds. The molecule has 0 spiro atoms. The van der Waals surface area contributed by atoms with E-state index in [0.717, 1.165) is 24.7 Å². The van der Waals surface area contributed by atoms with Crippen LogP contribution in [0.3, 0.4) is 0 Å². The topological polar surface area (TPSA) is 46.8 Å². The van der Waals surface area contributed by atoms with Gasteiger partial charge in [0.2, 0.25) is 5.95 Å². The van der Waals surface area contributed by atoms with E-state index in [9.17, 15) is 0 Å². The van der Waals surface area contributed by atoms with Gasteiger partial charge in [-0.15, -0.1) is 10.2 Å². The van der Waals surface area contributed by atoms with Crippen LogP contribution in [0.4, 0.5) is 11.6 Å². The van der Waals surface area contributed by atoms with Gasteiger partial charge in [0.1, 0.15) is 6.33 Å². The predicted molar refractivity (Wildman–Crippen MR) is 60.5 cm³/mol. The van der Waals surface area contributed by atoms with Crippen LogP contribution in [-0.2, 0) is 6.54 Å². The van der Waals surface area contributed by atoms with Gasteiger partial charge in [-0.05, 0) is 25.0 Å².